The van der Waals surface area contributed by atoms with Crippen LogP contribution in [0.2, 0.25) is 10.0 Å². The number of carbonyl (C=O) groups excluding carboxylic acids is 6. The van der Waals surface area contributed by atoms with Gasteiger partial charge in [-0.3, -0.25) is 23.6 Å². The molecule has 4 aliphatic rings. The number of fused-ring (bicyclic) bond motifs is 2. The van der Waals surface area contributed by atoms with Crippen molar-refractivity contribution in [2.75, 3.05) is 65.6 Å². The Bertz CT molecular complexity index is 2460. The van der Waals surface area contributed by atoms with Crippen LogP contribution in [0.5, 0.6) is 0 Å². The van der Waals surface area contributed by atoms with E-state index < -0.39 is 17.9 Å². The van der Waals surface area contributed by atoms with E-state index in [0.29, 0.717) is 48.3 Å². The van der Waals surface area contributed by atoms with Gasteiger partial charge in [-0.15, -0.1) is 0 Å². The van der Waals surface area contributed by atoms with Crippen LogP contribution in [-0.4, -0.2) is 149 Å². The number of imidazole rings is 2. The average Bonchev–Trinajstić information content (AvgIpc) is 4.12. The number of Topliss-reactive ketones (excluding diaryl/α,β-unsaturated/α-hetero) is 1. The summed E-state index contributed by atoms with van der Waals surface area (Å²) < 4.78 is 17.2. The van der Waals surface area contributed by atoms with Gasteiger partial charge in [0.25, 0.3) is 0 Å². The SMILES string of the molecule is CC(=O)OOC(C)=O.CCOC(=O)N1CCC(=O)C1.CCOC(=O)N1CCC(N2CCC(n3c(=O)[nH]c4cc(Cl)ccc43)CC2)C1.O=c1[nH]c2cc(Cl)ccc2n1C1CCNCC1.[B-]OC(C)=O.[Na+]. The zero-order chi connectivity index (χ0) is 49.9. The van der Waals surface area contributed by atoms with Crippen LogP contribution in [-0.2, 0) is 43.1 Å². The minimum atomic E-state index is -0.639. The van der Waals surface area contributed by atoms with E-state index in [2.05, 4.69) is 42.7 Å². The van der Waals surface area contributed by atoms with Crippen molar-refractivity contribution >= 4 is 89.2 Å². The summed E-state index contributed by atoms with van der Waals surface area (Å²) >= 11 is 12.0. The molecule has 3 N–H and O–H groups in total. The average molecular weight is 1010 g/mol. The number of aromatic amines is 2. The van der Waals surface area contributed by atoms with E-state index in [4.69, 9.17) is 32.7 Å². The number of aromatic nitrogens is 4. The first-order chi connectivity index (χ1) is 32.4. The van der Waals surface area contributed by atoms with Crippen LogP contribution in [0.15, 0.2) is 46.0 Å². The number of H-pyrrole nitrogens is 2. The molecular formula is C44H59BCl2N8NaO13. The van der Waals surface area contributed by atoms with E-state index >= 15 is 0 Å². The predicted molar refractivity (Wildman–Crippen MR) is 252 cm³/mol. The molecule has 3 radical (unpaired) electrons. The van der Waals surface area contributed by atoms with Gasteiger partial charge in [-0.25, -0.2) is 38.5 Å². The number of ether oxygens (including phenoxy) is 2. The number of likely N-dealkylation sites (tertiary alicyclic amines) is 3. The number of ketones is 1. The van der Waals surface area contributed by atoms with Crippen LogP contribution in [0.1, 0.15) is 85.2 Å². The van der Waals surface area contributed by atoms with Crippen LogP contribution in [0.3, 0.4) is 0 Å². The van der Waals surface area contributed by atoms with Crippen LogP contribution >= 0.6 is 23.2 Å². The number of nitrogens with one attached hydrogen (secondary N) is 3. The normalized spacial score (nSPS) is 17.0. The van der Waals surface area contributed by atoms with Gasteiger partial charge in [0, 0.05) is 88.1 Å². The molecule has 21 nitrogen and oxygen atoms in total. The van der Waals surface area contributed by atoms with Crippen molar-refractivity contribution in [1.29, 1.82) is 0 Å². The van der Waals surface area contributed by atoms with Crippen molar-refractivity contribution in [2.24, 2.45) is 0 Å². The molecule has 6 heterocycles. The van der Waals surface area contributed by atoms with Crippen molar-refractivity contribution in [1.82, 2.24) is 39.1 Å². The largest absolute Gasteiger partial charge is 1.00 e. The molecule has 0 spiro atoms. The van der Waals surface area contributed by atoms with Crippen molar-refractivity contribution in [3.05, 3.63) is 67.4 Å². The fourth-order valence-corrected chi connectivity index (χ4v) is 8.39. The summed E-state index contributed by atoms with van der Waals surface area (Å²) in [5, 5.41) is 4.58. The first-order valence-corrected chi connectivity index (χ1v) is 23.0. The number of amides is 2. The van der Waals surface area contributed by atoms with Gasteiger partial charge in [0.15, 0.2) is 5.78 Å². The van der Waals surface area contributed by atoms with Gasteiger partial charge < -0.3 is 47.3 Å². The molecule has 1 unspecified atom stereocenters. The Morgan fingerprint density at radius 3 is 1.52 bits per heavy atom. The summed E-state index contributed by atoms with van der Waals surface area (Å²) in [6.45, 7) is 13.9. The van der Waals surface area contributed by atoms with Crippen LogP contribution in [0.25, 0.3) is 22.1 Å². The molecule has 4 fully saturated rings. The molecule has 4 saturated heterocycles. The van der Waals surface area contributed by atoms with Crippen LogP contribution in [0, 0.1) is 0 Å². The Kier molecular flexibility index (Phi) is 24.9. The molecule has 8 rings (SSSR count). The summed E-state index contributed by atoms with van der Waals surface area (Å²) in [7, 11) is 4.32. The quantitative estimate of drug-likeness (QED) is 0.147. The first-order valence-electron chi connectivity index (χ1n) is 22.3. The molecule has 2 aromatic heterocycles. The maximum absolute atomic E-state index is 12.5. The molecule has 4 aliphatic heterocycles. The monoisotopic (exact) mass is 1010 g/mol. The summed E-state index contributed by atoms with van der Waals surface area (Å²) in [6, 6.07) is 11.9. The van der Waals surface area contributed by atoms with Gasteiger partial charge >= 0.3 is 65.1 Å². The van der Waals surface area contributed by atoms with E-state index in [1.807, 2.05) is 40.3 Å². The molecule has 25 heteroatoms. The minimum Gasteiger partial charge on any atom is -0.793 e. The molecule has 2 amide bonds. The predicted octanol–water partition coefficient (Wildman–Crippen LogP) is 1.84. The zero-order valence-corrected chi connectivity index (χ0v) is 43.4. The number of piperidine rings is 2. The smallest absolute Gasteiger partial charge is 0.793 e. The van der Waals surface area contributed by atoms with Gasteiger partial charge in [0.05, 0.1) is 41.8 Å². The second kappa shape index (κ2) is 29.4. The molecule has 2 aromatic carbocycles. The van der Waals surface area contributed by atoms with E-state index in [9.17, 15) is 38.4 Å². The molecule has 69 heavy (non-hydrogen) atoms. The standard InChI is InChI=1S/C19H25ClN4O3.C12H14ClN3O.C7H11NO3.C4H6O4.C2H3BO2.Na/c1-2-27-19(26)23-10-7-15(12-23)22-8-5-14(6-9-22)24-17-4-3-13(20)11-16(17)21-18(24)25;13-8-1-2-11-10(7-8)15-12(17)16(11)9-3-5-14-6-4-9;1-2-11-7(10)8-4-3-6(9)5-8;1-3(5)7-8-4(2)6;1-2(4)5-3;/h3-4,11,14-15H,2,5-10,12H2,1H3,(H,21,25);1-2,7,9,14H,3-6H2,(H,15,17);2-5H2,1H3;1-2H3;1H3;/q;;;;-1;+1. The number of hydrogen-bond acceptors (Lipinski definition) is 15. The third kappa shape index (κ3) is 18.1. The number of rotatable bonds is 5. The van der Waals surface area contributed by atoms with Crippen LogP contribution in [0.4, 0.5) is 9.59 Å². The maximum Gasteiger partial charge on any atom is 1.00 e. The van der Waals surface area contributed by atoms with Gasteiger partial charge in [0.2, 0.25) is 5.97 Å². The van der Waals surface area contributed by atoms with Gasteiger partial charge in [0.1, 0.15) is 0 Å². The number of benzene rings is 2. The maximum atomic E-state index is 12.5. The van der Waals surface area contributed by atoms with E-state index in [1.54, 1.807) is 24.0 Å². The van der Waals surface area contributed by atoms with E-state index in [-0.39, 0.29) is 71.5 Å². The summed E-state index contributed by atoms with van der Waals surface area (Å²) in [5.41, 5.74) is 3.37. The van der Waals surface area contributed by atoms with Gasteiger partial charge in [-0.05, 0) is 95.4 Å². The van der Waals surface area contributed by atoms with Crippen molar-refractivity contribution < 1.29 is 82.2 Å². The van der Waals surface area contributed by atoms with Gasteiger partial charge in [-0.2, -0.15) is 0 Å². The zero-order valence-electron chi connectivity index (χ0n) is 39.9. The molecule has 1 atom stereocenters. The summed E-state index contributed by atoms with van der Waals surface area (Å²) in [4.78, 5) is 106. The van der Waals surface area contributed by atoms with Crippen molar-refractivity contribution in [2.45, 2.75) is 91.3 Å². The molecule has 371 valence electrons. The topological polar surface area (TPSA) is 246 Å². The van der Waals surface area contributed by atoms with Crippen molar-refractivity contribution in [3.63, 3.8) is 0 Å². The van der Waals surface area contributed by atoms with E-state index in [0.717, 1.165) is 107 Å². The summed E-state index contributed by atoms with van der Waals surface area (Å²) in [5.74, 6) is -1.64. The fraction of sp³-hybridized carbons (Fsp3) is 0.545. The Labute approximate surface area is 432 Å². The van der Waals surface area contributed by atoms with Crippen LogP contribution < -0.4 is 46.3 Å². The Morgan fingerprint density at radius 2 is 1.10 bits per heavy atom. The molecule has 4 aromatic rings. The number of hydrogen-bond donors (Lipinski definition) is 3. The third-order valence-electron chi connectivity index (χ3n) is 11.1. The minimum absolute atomic E-state index is 0. The van der Waals surface area contributed by atoms with E-state index in [1.165, 1.54) is 11.8 Å². The second-order valence-corrected chi connectivity index (χ2v) is 16.8. The number of halogens is 2. The summed E-state index contributed by atoms with van der Waals surface area (Å²) in [6.07, 6.45) is 4.70. The second-order valence-electron chi connectivity index (χ2n) is 15.9. The Morgan fingerprint density at radius 1 is 0.652 bits per heavy atom. The molecular weight excluding hydrogens is 953 g/mol. The Balaban J connectivity index is 0.000000257. The number of carbonyl (C=O) groups is 6. The first kappa shape index (κ1) is 58.5. The fourth-order valence-electron chi connectivity index (χ4n) is 8.04. The van der Waals surface area contributed by atoms with Gasteiger partial charge in [-0.1, -0.05) is 23.2 Å². The molecule has 0 saturated carbocycles. The van der Waals surface area contributed by atoms with Crippen molar-refractivity contribution in [3.8, 4) is 0 Å². The molecule has 0 bridgehead atoms. The molecule has 0 aliphatic carbocycles. The Hall–Kier alpha value is -4.84. The number of nitrogens with zero attached hydrogens (tertiary/aromatic N) is 5. The third-order valence-corrected chi connectivity index (χ3v) is 11.6.